The summed E-state index contributed by atoms with van der Waals surface area (Å²) in [7, 11) is 1.68. The molecule has 1 aromatic rings. The number of quaternary nitrogens is 1. The summed E-state index contributed by atoms with van der Waals surface area (Å²) in [5.41, 5.74) is -3.92. The van der Waals surface area contributed by atoms with Crippen molar-refractivity contribution in [1.29, 1.82) is 0 Å². The maximum absolute atomic E-state index is 11.5. The van der Waals surface area contributed by atoms with E-state index in [0.29, 0.717) is 10.0 Å². The van der Waals surface area contributed by atoms with Crippen molar-refractivity contribution in [2.75, 3.05) is 28.3 Å². The molecule has 0 saturated heterocycles. The van der Waals surface area contributed by atoms with Crippen LogP contribution in [0.3, 0.4) is 0 Å². The van der Waals surface area contributed by atoms with E-state index in [1.54, 1.807) is 0 Å². The third-order valence-electron chi connectivity index (χ3n) is 2.42. The molecule has 0 atom stereocenters. The van der Waals surface area contributed by atoms with Crippen molar-refractivity contribution in [3.63, 3.8) is 0 Å². The van der Waals surface area contributed by atoms with Crippen LogP contribution in [0.25, 0.3) is 0 Å². The fourth-order valence-corrected chi connectivity index (χ4v) is 1.61. The van der Waals surface area contributed by atoms with Crippen LogP contribution in [0.1, 0.15) is 10.4 Å². The van der Waals surface area contributed by atoms with Gasteiger partial charge in [0.15, 0.2) is 0 Å². The third kappa shape index (κ3) is 6.85. The van der Waals surface area contributed by atoms with Crippen LogP contribution in [0.4, 0.5) is 18.9 Å². The van der Waals surface area contributed by atoms with Crippen molar-refractivity contribution < 1.29 is 35.7 Å². The summed E-state index contributed by atoms with van der Waals surface area (Å²) in [6.07, 6.45) is 0. The lowest BCUT2D eigenvalue weighted by Crippen LogP contribution is -2.34. The van der Waals surface area contributed by atoms with Gasteiger partial charge in [-0.3, -0.25) is 9.04 Å². The van der Waals surface area contributed by atoms with Gasteiger partial charge in [-0.15, -0.1) is 0 Å². The number of methoxy groups -OCH3 is 1. The van der Waals surface area contributed by atoms with E-state index in [9.17, 15) is 18.0 Å². The second-order valence-electron chi connectivity index (χ2n) is 5.09. The molecule has 0 amide bonds. The largest absolute Gasteiger partial charge is 0.522 e. The lowest BCUT2D eigenvalue weighted by Gasteiger charge is -2.23. The van der Waals surface area contributed by atoms with Crippen LogP contribution in [0, 0.1) is 0 Å². The lowest BCUT2D eigenvalue weighted by molar-refractivity contribution is -0.0510. The Hall–Kier alpha value is -1.17. The Balaban J connectivity index is 0.000000515. The number of hydrogen-bond donors (Lipinski definition) is 1. The third-order valence-corrected chi connectivity index (χ3v) is 3.70. The van der Waals surface area contributed by atoms with Gasteiger partial charge in [0.25, 0.3) is 0 Å². The highest BCUT2D eigenvalue weighted by Crippen LogP contribution is 2.25. The molecule has 1 rings (SSSR count). The second kappa shape index (κ2) is 7.60. The Morgan fingerprint density at radius 2 is 1.70 bits per heavy atom. The van der Waals surface area contributed by atoms with Crippen molar-refractivity contribution in [2.45, 2.75) is 5.51 Å². The Bertz CT molecular complexity index is 668. The molecule has 1 aromatic carbocycles. The van der Waals surface area contributed by atoms with E-state index in [4.69, 9.17) is 17.7 Å². The van der Waals surface area contributed by atoms with E-state index in [1.807, 2.05) is 39.3 Å². The standard InChI is InChI=1S/C11H15BrNO2.CHF3O3S/c1-13(2,3)8-5-6-10(12)9(7-8)11(14)15-4;2-1(3,4)8(5,6)7/h5-7H,1-4H3;(H,5,6,7)/q+1;. The van der Waals surface area contributed by atoms with Crippen molar-refractivity contribution >= 4 is 37.7 Å². The summed E-state index contributed by atoms with van der Waals surface area (Å²) in [6, 6.07) is 5.69. The monoisotopic (exact) mass is 422 g/mol. The number of rotatable bonds is 2. The molecule has 0 unspecified atom stereocenters. The van der Waals surface area contributed by atoms with E-state index in [0.717, 1.165) is 10.2 Å². The minimum Gasteiger partial charge on any atom is -0.465 e. The van der Waals surface area contributed by atoms with Crippen LogP contribution >= 0.6 is 15.9 Å². The van der Waals surface area contributed by atoms with E-state index in [1.165, 1.54) is 7.11 Å². The molecule has 0 aliphatic carbocycles. The van der Waals surface area contributed by atoms with E-state index in [-0.39, 0.29) is 5.97 Å². The minimum atomic E-state index is -5.84. The molecule has 132 valence electrons. The molecule has 0 aromatic heterocycles. The number of halogens is 4. The summed E-state index contributed by atoms with van der Waals surface area (Å²) >= 11 is 3.33. The van der Waals surface area contributed by atoms with Crippen LogP contribution in [0.5, 0.6) is 0 Å². The van der Waals surface area contributed by atoms with Crippen molar-refractivity contribution in [3.8, 4) is 0 Å². The quantitative estimate of drug-likeness (QED) is 0.343. The van der Waals surface area contributed by atoms with Gasteiger partial charge in [-0.25, -0.2) is 4.79 Å². The zero-order chi connectivity index (χ0) is 18.6. The molecule has 6 nitrogen and oxygen atoms in total. The molecule has 11 heteroatoms. The first-order chi connectivity index (χ1) is 10.1. The Kier molecular flexibility index (Phi) is 7.21. The van der Waals surface area contributed by atoms with Gasteiger partial charge in [0.1, 0.15) is 5.69 Å². The zero-order valence-corrected chi connectivity index (χ0v) is 15.1. The summed E-state index contributed by atoms with van der Waals surface area (Å²) in [6.45, 7) is 0. The average Bonchev–Trinajstić information content (AvgIpc) is 2.35. The van der Waals surface area contributed by atoms with Crippen molar-refractivity contribution in [3.05, 3.63) is 28.2 Å². The highest BCUT2D eigenvalue weighted by Gasteiger charge is 2.44. The van der Waals surface area contributed by atoms with Crippen LogP contribution in [0.2, 0.25) is 0 Å². The van der Waals surface area contributed by atoms with E-state index < -0.39 is 15.6 Å². The predicted octanol–water partition coefficient (Wildman–Crippen LogP) is 2.83. The van der Waals surface area contributed by atoms with Gasteiger partial charge in [-0.2, -0.15) is 21.6 Å². The fourth-order valence-electron chi connectivity index (χ4n) is 1.20. The van der Waals surface area contributed by atoms with Gasteiger partial charge in [-0.1, -0.05) is 0 Å². The predicted molar refractivity (Wildman–Crippen MR) is 82.7 cm³/mol. The van der Waals surface area contributed by atoms with Gasteiger partial charge < -0.3 is 4.74 Å². The number of ether oxygens (including phenoxy) is 1. The van der Waals surface area contributed by atoms with E-state index >= 15 is 0 Å². The smallest absolute Gasteiger partial charge is 0.465 e. The molecule has 0 heterocycles. The second-order valence-corrected chi connectivity index (χ2v) is 7.36. The molecule has 0 saturated carbocycles. The molecular formula is C12H16BrF3NO5S+. The van der Waals surface area contributed by atoms with Crippen LogP contribution < -0.4 is 4.48 Å². The topological polar surface area (TPSA) is 80.7 Å². The molecule has 0 fully saturated rings. The maximum atomic E-state index is 11.5. The Morgan fingerprint density at radius 1 is 1.26 bits per heavy atom. The highest BCUT2D eigenvalue weighted by atomic mass is 79.9. The number of alkyl halides is 3. The van der Waals surface area contributed by atoms with Gasteiger partial charge in [-0.05, 0) is 22.0 Å². The minimum absolute atomic E-state index is 0.322. The van der Waals surface area contributed by atoms with Gasteiger partial charge >= 0.3 is 21.6 Å². The molecule has 0 aliphatic rings. The fraction of sp³-hybridized carbons (Fsp3) is 0.417. The number of esters is 1. The molecular weight excluding hydrogens is 407 g/mol. The highest BCUT2D eigenvalue weighted by molar-refractivity contribution is 9.10. The van der Waals surface area contributed by atoms with Crippen molar-refractivity contribution in [1.82, 2.24) is 4.48 Å². The molecule has 0 spiro atoms. The summed E-state index contributed by atoms with van der Waals surface area (Å²) in [5.74, 6) is -0.322. The summed E-state index contributed by atoms with van der Waals surface area (Å²) in [5, 5.41) is 0. The van der Waals surface area contributed by atoms with Gasteiger partial charge in [0.2, 0.25) is 0 Å². The molecule has 23 heavy (non-hydrogen) atoms. The first-order valence-electron chi connectivity index (χ1n) is 5.85. The molecule has 1 N–H and O–H groups in total. The van der Waals surface area contributed by atoms with Crippen LogP contribution in [-0.4, -0.2) is 52.7 Å². The number of carbonyl (C=O) groups is 1. The molecule has 0 aliphatic heterocycles. The normalized spacial score (nSPS) is 12.2. The Labute approximate surface area is 140 Å². The SMILES string of the molecule is COC(=O)c1cc([N+](C)(C)C)ccc1Br.O=S(=O)(O)C(F)(F)F. The number of hydrogen-bond acceptors (Lipinski definition) is 4. The molecule has 0 bridgehead atoms. The first kappa shape index (κ1) is 21.8. The average molecular weight is 423 g/mol. The summed E-state index contributed by atoms with van der Waals surface area (Å²) in [4.78, 5) is 11.5. The van der Waals surface area contributed by atoms with Crippen LogP contribution in [-0.2, 0) is 14.9 Å². The number of benzene rings is 1. The van der Waals surface area contributed by atoms with Gasteiger partial charge in [0.05, 0.1) is 33.8 Å². The number of nitrogens with zero attached hydrogens (tertiary/aromatic N) is 1. The van der Waals surface area contributed by atoms with Gasteiger partial charge in [0, 0.05) is 16.6 Å². The van der Waals surface area contributed by atoms with Crippen LogP contribution in [0.15, 0.2) is 22.7 Å². The summed E-state index contributed by atoms with van der Waals surface area (Å²) < 4.78 is 63.7. The van der Waals surface area contributed by atoms with E-state index in [2.05, 4.69) is 15.9 Å². The first-order valence-corrected chi connectivity index (χ1v) is 8.08. The lowest BCUT2D eigenvalue weighted by atomic mass is 10.2. The molecule has 0 radical (unpaired) electrons. The number of carbonyl (C=O) groups excluding carboxylic acids is 1. The van der Waals surface area contributed by atoms with Crippen molar-refractivity contribution in [2.24, 2.45) is 0 Å². The Morgan fingerprint density at radius 3 is 2.00 bits per heavy atom. The zero-order valence-electron chi connectivity index (χ0n) is 12.7. The maximum Gasteiger partial charge on any atom is 0.522 e.